The molecule has 0 aliphatic heterocycles. The molecule has 5 heteroatoms. The van der Waals surface area contributed by atoms with E-state index in [2.05, 4.69) is 41.6 Å². The van der Waals surface area contributed by atoms with Crippen LogP contribution in [-0.2, 0) is 6.54 Å². The van der Waals surface area contributed by atoms with Gasteiger partial charge in [0.15, 0.2) is 5.96 Å². The summed E-state index contributed by atoms with van der Waals surface area (Å²) in [5.74, 6) is 1.38. The minimum Gasteiger partial charge on any atom is -0.364 e. The van der Waals surface area contributed by atoms with Crippen molar-refractivity contribution in [1.82, 2.24) is 15.8 Å². The highest BCUT2D eigenvalue weighted by Gasteiger charge is 2.08. The zero-order valence-corrected chi connectivity index (χ0v) is 11.0. The second kappa shape index (κ2) is 6.93. The molecular formula is C12H22N4O. The van der Waals surface area contributed by atoms with Crippen LogP contribution >= 0.6 is 0 Å². The number of nitrogens with zero attached hydrogens (tertiary/aromatic N) is 2. The fourth-order valence-corrected chi connectivity index (χ4v) is 1.18. The maximum absolute atomic E-state index is 4.77. The van der Waals surface area contributed by atoms with Gasteiger partial charge in [-0.3, -0.25) is 0 Å². The van der Waals surface area contributed by atoms with Gasteiger partial charge in [0, 0.05) is 18.7 Å². The first-order valence-electron chi connectivity index (χ1n) is 6.07. The van der Waals surface area contributed by atoms with E-state index in [1.54, 1.807) is 6.26 Å². The number of nitrogens with one attached hydrogen (secondary N) is 2. The summed E-state index contributed by atoms with van der Waals surface area (Å²) in [6.07, 6.45) is 1.56. The monoisotopic (exact) mass is 238 g/mol. The molecule has 0 aliphatic carbocycles. The summed E-state index contributed by atoms with van der Waals surface area (Å²) in [6, 6.07) is 2.20. The molecule has 1 aromatic rings. The second-order valence-corrected chi connectivity index (χ2v) is 4.36. The Morgan fingerprint density at radius 3 is 2.76 bits per heavy atom. The standard InChI is InChI=1S/C12H22N4O/c1-5-13-12(15-10(4)9(2)3)14-8-11-6-7-17-16-11/h6-7,9-10H,5,8H2,1-4H3,(H2,13,14,15). The number of guanidine groups is 1. The molecule has 0 aromatic carbocycles. The third kappa shape index (κ3) is 4.89. The van der Waals surface area contributed by atoms with Gasteiger partial charge >= 0.3 is 0 Å². The normalized spacial score (nSPS) is 13.8. The first-order valence-corrected chi connectivity index (χ1v) is 6.07. The summed E-state index contributed by atoms with van der Waals surface area (Å²) in [6.45, 7) is 9.92. The molecule has 0 radical (unpaired) electrons. The maximum atomic E-state index is 4.77. The van der Waals surface area contributed by atoms with E-state index >= 15 is 0 Å². The molecular weight excluding hydrogens is 216 g/mol. The summed E-state index contributed by atoms with van der Waals surface area (Å²) in [7, 11) is 0. The van der Waals surface area contributed by atoms with E-state index in [1.807, 2.05) is 13.0 Å². The van der Waals surface area contributed by atoms with E-state index in [1.165, 1.54) is 0 Å². The fraction of sp³-hybridized carbons (Fsp3) is 0.667. The Labute approximate surface area is 103 Å². The largest absolute Gasteiger partial charge is 0.364 e. The lowest BCUT2D eigenvalue weighted by Crippen LogP contribution is -2.44. The van der Waals surface area contributed by atoms with E-state index < -0.39 is 0 Å². The Bertz CT molecular complexity index is 332. The summed E-state index contributed by atoms with van der Waals surface area (Å²) in [4.78, 5) is 4.45. The molecule has 17 heavy (non-hydrogen) atoms. The Morgan fingerprint density at radius 2 is 2.24 bits per heavy atom. The van der Waals surface area contributed by atoms with E-state index in [0.29, 0.717) is 18.5 Å². The molecule has 1 aromatic heterocycles. The molecule has 1 atom stereocenters. The molecule has 1 unspecified atom stereocenters. The van der Waals surface area contributed by atoms with Crippen molar-refractivity contribution >= 4 is 5.96 Å². The van der Waals surface area contributed by atoms with E-state index in [-0.39, 0.29) is 0 Å². The van der Waals surface area contributed by atoms with Crippen molar-refractivity contribution in [2.75, 3.05) is 6.54 Å². The molecule has 0 aliphatic rings. The van der Waals surface area contributed by atoms with Gasteiger partial charge in [0.2, 0.25) is 0 Å². The first kappa shape index (κ1) is 13.5. The second-order valence-electron chi connectivity index (χ2n) is 4.36. The van der Waals surface area contributed by atoms with Crippen LogP contribution in [0.1, 0.15) is 33.4 Å². The summed E-state index contributed by atoms with van der Waals surface area (Å²) in [5, 5.41) is 10.4. The van der Waals surface area contributed by atoms with Gasteiger partial charge < -0.3 is 15.2 Å². The fourth-order valence-electron chi connectivity index (χ4n) is 1.18. The topological polar surface area (TPSA) is 62.5 Å². The Hall–Kier alpha value is -1.52. The Morgan fingerprint density at radius 1 is 1.47 bits per heavy atom. The molecule has 96 valence electrons. The minimum absolute atomic E-state index is 0.380. The lowest BCUT2D eigenvalue weighted by atomic mass is 10.1. The average molecular weight is 238 g/mol. The molecule has 0 saturated carbocycles. The Kier molecular flexibility index (Phi) is 5.52. The van der Waals surface area contributed by atoms with Crippen LogP contribution in [0.3, 0.4) is 0 Å². The lowest BCUT2D eigenvalue weighted by molar-refractivity contribution is 0.412. The third-order valence-electron chi connectivity index (χ3n) is 2.60. The van der Waals surface area contributed by atoms with Crippen LogP contribution in [0.25, 0.3) is 0 Å². The van der Waals surface area contributed by atoms with Gasteiger partial charge in [0.05, 0.1) is 6.54 Å². The number of aromatic nitrogens is 1. The first-order chi connectivity index (χ1) is 8.13. The third-order valence-corrected chi connectivity index (χ3v) is 2.60. The van der Waals surface area contributed by atoms with E-state index in [0.717, 1.165) is 18.2 Å². The van der Waals surface area contributed by atoms with Crippen molar-refractivity contribution in [3.8, 4) is 0 Å². The average Bonchev–Trinajstić information content (AvgIpc) is 2.78. The predicted molar refractivity (Wildman–Crippen MR) is 68.8 cm³/mol. The highest BCUT2D eigenvalue weighted by molar-refractivity contribution is 5.80. The molecule has 5 nitrogen and oxygen atoms in total. The molecule has 1 rings (SSSR count). The zero-order valence-electron chi connectivity index (χ0n) is 11.0. The van der Waals surface area contributed by atoms with Gasteiger partial charge in [-0.15, -0.1) is 0 Å². The van der Waals surface area contributed by atoms with Gasteiger partial charge in [0.25, 0.3) is 0 Å². The van der Waals surface area contributed by atoms with E-state index in [4.69, 9.17) is 4.52 Å². The highest BCUT2D eigenvalue weighted by atomic mass is 16.5. The maximum Gasteiger partial charge on any atom is 0.191 e. The van der Waals surface area contributed by atoms with E-state index in [9.17, 15) is 0 Å². The van der Waals surface area contributed by atoms with Crippen LogP contribution in [0.4, 0.5) is 0 Å². The molecule has 0 fully saturated rings. The molecule has 0 amide bonds. The zero-order chi connectivity index (χ0) is 12.7. The molecule has 0 bridgehead atoms. The number of hydrogen-bond acceptors (Lipinski definition) is 3. The summed E-state index contributed by atoms with van der Waals surface area (Å²) >= 11 is 0. The van der Waals surface area contributed by atoms with Crippen molar-refractivity contribution in [3.05, 3.63) is 18.0 Å². The van der Waals surface area contributed by atoms with Gasteiger partial charge in [-0.05, 0) is 19.8 Å². The van der Waals surface area contributed by atoms with Crippen LogP contribution in [0.2, 0.25) is 0 Å². The molecule has 1 heterocycles. The van der Waals surface area contributed by atoms with Crippen LogP contribution in [-0.4, -0.2) is 23.7 Å². The van der Waals surface area contributed by atoms with Crippen LogP contribution in [0, 0.1) is 5.92 Å². The van der Waals surface area contributed by atoms with Crippen molar-refractivity contribution < 1.29 is 4.52 Å². The van der Waals surface area contributed by atoms with Crippen molar-refractivity contribution in [3.63, 3.8) is 0 Å². The van der Waals surface area contributed by atoms with Crippen LogP contribution in [0.15, 0.2) is 21.8 Å². The highest BCUT2D eigenvalue weighted by Crippen LogP contribution is 2.00. The summed E-state index contributed by atoms with van der Waals surface area (Å²) < 4.78 is 4.77. The van der Waals surface area contributed by atoms with Gasteiger partial charge in [-0.1, -0.05) is 19.0 Å². The van der Waals surface area contributed by atoms with Crippen molar-refractivity contribution in [2.24, 2.45) is 10.9 Å². The van der Waals surface area contributed by atoms with Gasteiger partial charge in [0.1, 0.15) is 12.0 Å². The molecule has 0 saturated heterocycles. The van der Waals surface area contributed by atoms with Gasteiger partial charge in [-0.25, -0.2) is 4.99 Å². The molecule has 2 N–H and O–H groups in total. The molecule has 0 spiro atoms. The lowest BCUT2D eigenvalue weighted by Gasteiger charge is -2.20. The van der Waals surface area contributed by atoms with Crippen LogP contribution < -0.4 is 10.6 Å². The Balaban J connectivity index is 2.55. The van der Waals surface area contributed by atoms with Crippen molar-refractivity contribution in [2.45, 2.75) is 40.3 Å². The van der Waals surface area contributed by atoms with Gasteiger partial charge in [-0.2, -0.15) is 0 Å². The number of rotatable bonds is 5. The predicted octanol–water partition coefficient (Wildman–Crippen LogP) is 1.77. The smallest absolute Gasteiger partial charge is 0.191 e. The van der Waals surface area contributed by atoms with Crippen LogP contribution in [0.5, 0.6) is 0 Å². The minimum atomic E-state index is 0.380. The number of hydrogen-bond donors (Lipinski definition) is 2. The SMILES string of the molecule is CCNC(=NCc1ccon1)NC(C)C(C)C. The summed E-state index contributed by atoms with van der Waals surface area (Å²) in [5.41, 5.74) is 0.833. The quantitative estimate of drug-likeness (QED) is 0.606. The van der Waals surface area contributed by atoms with Crippen molar-refractivity contribution in [1.29, 1.82) is 0 Å². The number of aliphatic imine (C=N–C) groups is 1.